The third kappa shape index (κ3) is 2.28. The molecule has 2 heterocycles. The molecule has 0 atom stereocenters. The molecular weight excluding hydrogens is 292 g/mol. The number of carbonyl (C=O) groups excluding carboxylic acids is 1. The molecule has 6 nitrogen and oxygen atoms in total. The molecule has 0 spiro atoms. The van der Waals surface area contributed by atoms with Gasteiger partial charge >= 0.3 is 5.97 Å². The van der Waals surface area contributed by atoms with Gasteiger partial charge in [-0.1, -0.05) is 6.07 Å². The van der Waals surface area contributed by atoms with Crippen LogP contribution in [0, 0.1) is 18.3 Å². The van der Waals surface area contributed by atoms with Gasteiger partial charge in [0.05, 0.1) is 23.9 Å². The van der Waals surface area contributed by atoms with Crippen molar-refractivity contribution < 1.29 is 9.53 Å². The maximum Gasteiger partial charge on any atom is 0.357 e. The lowest BCUT2D eigenvalue weighted by Crippen LogP contribution is -2.11. The monoisotopic (exact) mass is 306 g/mol. The van der Waals surface area contributed by atoms with Crippen LogP contribution in [0.1, 0.15) is 21.6 Å². The second kappa shape index (κ2) is 5.46. The van der Waals surface area contributed by atoms with Crippen LogP contribution in [-0.2, 0) is 4.74 Å². The Balaban J connectivity index is 2.26. The van der Waals surface area contributed by atoms with E-state index >= 15 is 0 Å². The van der Waals surface area contributed by atoms with Gasteiger partial charge in [0.25, 0.3) is 0 Å². The summed E-state index contributed by atoms with van der Waals surface area (Å²) in [5.74, 6) is -0.596. The Hall–Kier alpha value is -3.33. The van der Waals surface area contributed by atoms with Crippen LogP contribution < -0.4 is 5.73 Å². The highest BCUT2D eigenvalue weighted by atomic mass is 16.5. The number of fused-ring (bicyclic) bond motifs is 1. The lowest BCUT2D eigenvalue weighted by Gasteiger charge is -2.10. The lowest BCUT2D eigenvalue weighted by atomic mass is 10.1. The van der Waals surface area contributed by atoms with Crippen molar-refractivity contribution in [3.63, 3.8) is 0 Å². The number of hydrogen-bond acceptors (Lipinski definition) is 5. The largest absolute Gasteiger partial charge is 0.464 e. The van der Waals surface area contributed by atoms with Crippen LogP contribution in [0.3, 0.4) is 0 Å². The molecule has 1 aromatic carbocycles. The summed E-state index contributed by atoms with van der Waals surface area (Å²) in [6, 6.07) is 9.54. The molecule has 0 aliphatic rings. The summed E-state index contributed by atoms with van der Waals surface area (Å²) in [7, 11) is 1.27. The van der Waals surface area contributed by atoms with Crippen molar-refractivity contribution >= 4 is 22.6 Å². The van der Waals surface area contributed by atoms with E-state index < -0.39 is 5.97 Å². The van der Waals surface area contributed by atoms with Gasteiger partial charge in [-0.2, -0.15) is 5.26 Å². The van der Waals surface area contributed by atoms with Gasteiger partial charge in [0, 0.05) is 23.5 Å². The average Bonchev–Trinajstić information content (AvgIpc) is 2.90. The number of hydrogen-bond donors (Lipinski definition) is 1. The van der Waals surface area contributed by atoms with Crippen molar-refractivity contribution in [2.24, 2.45) is 0 Å². The number of aromatic nitrogens is 2. The zero-order valence-corrected chi connectivity index (χ0v) is 12.7. The molecule has 2 aromatic heterocycles. The molecule has 3 rings (SSSR count). The average molecular weight is 306 g/mol. The Bertz CT molecular complexity index is 967. The number of pyridine rings is 1. The molecule has 6 heteroatoms. The van der Waals surface area contributed by atoms with Crippen molar-refractivity contribution in [1.29, 1.82) is 5.26 Å². The number of nitrogens with two attached hydrogens (primary N) is 1. The molecule has 0 unspecified atom stereocenters. The Kier molecular flexibility index (Phi) is 3.47. The van der Waals surface area contributed by atoms with E-state index in [2.05, 4.69) is 4.98 Å². The number of anilines is 1. The number of rotatable bonds is 2. The number of nitrogen functional groups attached to an aromatic ring is 1. The normalized spacial score (nSPS) is 10.5. The van der Waals surface area contributed by atoms with Gasteiger partial charge in [-0.25, -0.2) is 4.79 Å². The second-order valence-corrected chi connectivity index (χ2v) is 5.11. The van der Waals surface area contributed by atoms with Gasteiger partial charge in [0.15, 0.2) is 5.69 Å². The predicted molar refractivity (Wildman–Crippen MR) is 86.3 cm³/mol. The molecule has 3 aromatic rings. The van der Waals surface area contributed by atoms with E-state index in [9.17, 15) is 4.79 Å². The molecule has 0 aliphatic heterocycles. The summed E-state index contributed by atoms with van der Waals surface area (Å²) in [6.07, 6.45) is 3.26. The van der Waals surface area contributed by atoms with Crippen LogP contribution in [-0.4, -0.2) is 22.6 Å². The summed E-state index contributed by atoms with van der Waals surface area (Å²) < 4.78 is 6.34. The molecule has 0 fully saturated rings. The number of aryl methyl sites for hydroxylation is 1. The molecule has 0 saturated carbocycles. The number of methoxy groups -OCH3 is 1. The number of esters is 1. The molecular formula is C17H14N4O2. The molecule has 0 bridgehead atoms. The number of benzene rings is 1. The van der Waals surface area contributed by atoms with Crippen molar-refractivity contribution in [2.75, 3.05) is 12.8 Å². The van der Waals surface area contributed by atoms with Crippen LogP contribution >= 0.6 is 0 Å². The molecule has 0 amide bonds. The summed E-state index contributed by atoms with van der Waals surface area (Å²) in [5, 5.41) is 10.2. The van der Waals surface area contributed by atoms with E-state index in [0.29, 0.717) is 5.69 Å². The zero-order chi connectivity index (χ0) is 16.6. The molecule has 0 radical (unpaired) electrons. The fraction of sp³-hybridized carbons (Fsp3) is 0.118. The van der Waals surface area contributed by atoms with E-state index in [1.807, 2.05) is 37.3 Å². The maximum absolute atomic E-state index is 12.0. The highest BCUT2D eigenvalue weighted by Gasteiger charge is 2.21. The van der Waals surface area contributed by atoms with Gasteiger partial charge in [-0.15, -0.1) is 0 Å². The second-order valence-electron chi connectivity index (χ2n) is 5.11. The minimum Gasteiger partial charge on any atom is -0.464 e. The van der Waals surface area contributed by atoms with Gasteiger partial charge < -0.3 is 15.0 Å². The Morgan fingerprint density at radius 1 is 1.39 bits per heavy atom. The third-order valence-electron chi connectivity index (χ3n) is 3.77. The predicted octanol–water partition coefficient (Wildman–Crippen LogP) is 2.57. The first-order valence-corrected chi connectivity index (χ1v) is 6.91. The van der Waals surface area contributed by atoms with Gasteiger partial charge in [0.1, 0.15) is 6.07 Å². The fourth-order valence-electron chi connectivity index (χ4n) is 2.55. The number of nitrogens with zero attached hydrogens (tertiary/aromatic N) is 3. The van der Waals surface area contributed by atoms with Crippen LogP contribution in [0.15, 0.2) is 36.7 Å². The van der Waals surface area contributed by atoms with Gasteiger partial charge in [-0.05, 0) is 30.7 Å². The summed E-state index contributed by atoms with van der Waals surface area (Å²) in [5.41, 5.74) is 8.96. The highest BCUT2D eigenvalue weighted by Crippen LogP contribution is 2.26. The first-order valence-electron chi connectivity index (χ1n) is 6.91. The smallest absolute Gasteiger partial charge is 0.357 e. The van der Waals surface area contributed by atoms with Crippen LogP contribution in [0.2, 0.25) is 0 Å². The molecule has 23 heavy (non-hydrogen) atoms. The van der Waals surface area contributed by atoms with Crippen LogP contribution in [0.5, 0.6) is 0 Å². The van der Waals surface area contributed by atoms with E-state index in [1.54, 1.807) is 10.8 Å². The Morgan fingerprint density at radius 3 is 2.87 bits per heavy atom. The van der Waals surface area contributed by atoms with Crippen molar-refractivity contribution in [3.05, 3.63) is 53.5 Å². The van der Waals surface area contributed by atoms with E-state index in [-0.39, 0.29) is 16.9 Å². The standard InChI is InChI=1S/C17H14N4O2/c1-10-5-6-20-14-7-12(3-4-13(10)14)21-9-11(8-18)15(19)16(21)17(22)23-2/h3-7,9H,19H2,1-2H3. The van der Waals surface area contributed by atoms with Crippen molar-refractivity contribution in [3.8, 4) is 11.8 Å². The third-order valence-corrected chi connectivity index (χ3v) is 3.77. The minimum absolute atomic E-state index is 0.108. The van der Waals surface area contributed by atoms with Crippen molar-refractivity contribution in [1.82, 2.24) is 9.55 Å². The topological polar surface area (TPSA) is 93.9 Å². The van der Waals surface area contributed by atoms with Crippen molar-refractivity contribution in [2.45, 2.75) is 6.92 Å². The van der Waals surface area contributed by atoms with E-state index in [1.165, 1.54) is 13.3 Å². The number of nitriles is 1. The Morgan fingerprint density at radius 2 is 2.17 bits per heavy atom. The zero-order valence-electron chi connectivity index (χ0n) is 12.7. The SMILES string of the molecule is COC(=O)c1c(N)c(C#N)cn1-c1ccc2c(C)ccnc2c1. The lowest BCUT2D eigenvalue weighted by molar-refractivity contribution is 0.0593. The molecule has 0 saturated heterocycles. The highest BCUT2D eigenvalue weighted by molar-refractivity contribution is 5.96. The maximum atomic E-state index is 12.0. The first-order chi connectivity index (χ1) is 11.1. The first kappa shape index (κ1) is 14.6. The molecule has 2 N–H and O–H groups in total. The quantitative estimate of drug-likeness (QED) is 0.734. The number of carbonyl (C=O) groups is 1. The summed E-state index contributed by atoms with van der Waals surface area (Å²) in [6.45, 7) is 2.00. The fourth-order valence-corrected chi connectivity index (χ4v) is 2.55. The summed E-state index contributed by atoms with van der Waals surface area (Å²) in [4.78, 5) is 16.4. The van der Waals surface area contributed by atoms with E-state index in [4.69, 9.17) is 15.7 Å². The summed E-state index contributed by atoms with van der Waals surface area (Å²) >= 11 is 0. The minimum atomic E-state index is -0.596. The molecule has 0 aliphatic carbocycles. The van der Waals surface area contributed by atoms with Crippen LogP contribution in [0.4, 0.5) is 5.69 Å². The molecule has 114 valence electrons. The number of ether oxygens (including phenoxy) is 1. The van der Waals surface area contributed by atoms with Gasteiger partial charge in [-0.3, -0.25) is 4.98 Å². The van der Waals surface area contributed by atoms with E-state index in [0.717, 1.165) is 16.5 Å². The van der Waals surface area contributed by atoms with Gasteiger partial charge in [0.2, 0.25) is 0 Å². The Labute approximate surface area is 132 Å². The van der Waals surface area contributed by atoms with Crippen LogP contribution in [0.25, 0.3) is 16.6 Å².